The number of hydrogen-bond acceptors (Lipinski definition) is 4. The van der Waals surface area contributed by atoms with E-state index in [1.54, 1.807) is 6.92 Å². The summed E-state index contributed by atoms with van der Waals surface area (Å²) < 4.78 is 21.5. The first-order valence-electron chi connectivity index (χ1n) is 2.72. The number of halogens is 1. The van der Waals surface area contributed by atoms with Gasteiger partial charge in [-0.3, -0.25) is 0 Å². The van der Waals surface area contributed by atoms with E-state index in [9.17, 15) is 8.42 Å². The maximum atomic E-state index is 10.7. The number of hydrogen-bond donors (Lipinski definition) is 1. The van der Waals surface area contributed by atoms with E-state index >= 15 is 0 Å². The Balaban J connectivity index is 3.29. The van der Waals surface area contributed by atoms with Crippen molar-refractivity contribution < 1.29 is 8.42 Å². The molecule has 0 aliphatic rings. The van der Waals surface area contributed by atoms with Crippen LogP contribution in [0.2, 0.25) is 0 Å². The van der Waals surface area contributed by atoms with Crippen molar-refractivity contribution in [3.8, 4) is 0 Å². The lowest BCUT2D eigenvalue weighted by Crippen LogP contribution is -1.85. The zero-order valence-corrected chi connectivity index (χ0v) is 8.05. The van der Waals surface area contributed by atoms with Gasteiger partial charge in [0.15, 0.2) is 0 Å². The largest absolute Gasteiger partial charge is 0.398 e. The Morgan fingerprint density at radius 2 is 2.18 bits per heavy atom. The van der Waals surface area contributed by atoms with Gasteiger partial charge in [-0.15, -0.1) is 11.3 Å². The number of anilines is 1. The monoisotopic (exact) mass is 211 g/mol. The molecule has 0 amide bonds. The number of thiophene rings is 1. The van der Waals surface area contributed by atoms with E-state index in [4.69, 9.17) is 16.4 Å². The van der Waals surface area contributed by atoms with Gasteiger partial charge in [0.05, 0.1) is 0 Å². The molecule has 0 aromatic carbocycles. The minimum Gasteiger partial charge on any atom is -0.398 e. The fraction of sp³-hybridized carbons (Fsp3) is 0.200. The molecule has 0 radical (unpaired) electrons. The van der Waals surface area contributed by atoms with E-state index < -0.39 is 9.05 Å². The Labute approximate surface area is 73.2 Å². The van der Waals surface area contributed by atoms with Crippen LogP contribution in [0.25, 0.3) is 0 Å². The second kappa shape index (κ2) is 2.66. The minimum atomic E-state index is -3.59. The van der Waals surface area contributed by atoms with Crippen LogP contribution < -0.4 is 5.73 Å². The van der Waals surface area contributed by atoms with Crippen molar-refractivity contribution in [1.29, 1.82) is 0 Å². The highest BCUT2D eigenvalue weighted by Crippen LogP contribution is 2.29. The number of aryl methyl sites for hydroxylation is 1. The smallest absolute Gasteiger partial charge is 0.270 e. The Kier molecular flexibility index (Phi) is 2.13. The molecule has 1 heterocycles. The Hall–Kier alpha value is -0.260. The minimum absolute atomic E-state index is 0.106. The van der Waals surface area contributed by atoms with Crippen LogP contribution in [0, 0.1) is 6.92 Å². The molecule has 0 aliphatic carbocycles. The fourth-order valence-electron chi connectivity index (χ4n) is 0.588. The molecular weight excluding hydrogens is 206 g/mol. The zero-order valence-electron chi connectivity index (χ0n) is 5.67. The van der Waals surface area contributed by atoms with Gasteiger partial charge in [-0.25, -0.2) is 8.42 Å². The van der Waals surface area contributed by atoms with Crippen molar-refractivity contribution in [2.24, 2.45) is 0 Å². The standard InChI is InChI=1S/C5H6ClNO2S2/c1-3-4(7)2-5(10-3)11(6,8)9/h2H,7H2,1H3. The van der Waals surface area contributed by atoms with E-state index in [1.807, 2.05) is 0 Å². The second-order valence-electron chi connectivity index (χ2n) is 2.01. The quantitative estimate of drug-likeness (QED) is 0.718. The van der Waals surface area contributed by atoms with Crippen molar-refractivity contribution in [3.05, 3.63) is 10.9 Å². The molecule has 1 aromatic rings. The van der Waals surface area contributed by atoms with Crippen LogP contribution in [0.4, 0.5) is 5.69 Å². The lowest BCUT2D eigenvalue weighted by Gasteiger charge is -1.83. The summed E-state index contributed by atoms with van der Waals surface area (Å²) in [6.07, 6.45) is 0. The highest BCUT2D eigenvalue weighted by molar-refractivity contribution is 8.15. The first kappa shape index (κ1) is 8.83. The highest BCUT2D eigenvalue weighted by atomic mass is 35.7. The molecule has 62 valence electrons. The lowest BCUT2D eigenvalue weighted by molar-refractivity contribution is 0.611. The third kappa shape index (κ3) is 1.85. The van der Waals surface area contributed by atoms with Crippen LogP contribution in [0.1, 0.15) is 4.88 Å². The molecule has 0 bridgehead atoms. The summed E-state index contributed by atoms with van der Waals surface area (Å²) in [5, 5.41) is 0. The predicted molar refractivity (Wildman–Crippen MR) is 46.5 cm³/mol. The summed E-state index contributed by atoms with van der Waals surface area (Å²) >= 11 is 1.08. The molecule has 0 spiro atoms. The van der Waals surface area contributed by atoms with Crippen LogP contribution in [0.3, 0.4) is 0 Å². The molecular formula is C5H6ClNO2S2. The molecule has 11 heavy (non-hydrogen) atoms. The molecule has 2 N–H and O–H groups in total. The zero-order chi connectivity index (χ0) is 8.65. The highest BCUT2D eigenvalue weighted by Gasteiger charge is 2.14. The molecule has 0 atom stereocenters. The molecule has 1 aromatic heterocycles. The molecule has 3 nitrogen and oxygen atoms in total. The van der Waals surface area contributed by atoms with Crippen LogP contribution in [-0.4, -0.2) is 8.42 Å². The Morgan fingerprint density at radius 3 is 2.36 bits per heavy atom. The van der Waals surface area contributed by atoms with Crippen LogP contribution in [-0.2, 0) is 9.05 Å². The summed E-state index contributed by atoms with van der Waals surface area (Å²) in [7, 11) is 1.48. The Morgan fingerprint density at radius 1 is 1.64 bits per heavy atom. The van der Waals surface area contributed by atoms with Crippen LogP contribution in [0.5, 0.6) is 0 Å². The molecule has 0 saturated heterocycles. The van der Waals surface area contributed by atoms with Gasteiger partial charge in [-0.2, -0.15) is 0 Å². The maximum Gasteiger partial charge on any atom is 0.270 e. The van der Waals surface area contributed by atoms with Gasteiger partial charge < -0.3 is 5.73 Å². The number of rotatable bonds is 1. The summed E-state index contributed by atoms with van der Waals surface area (Å²) in [6.45, 7) is 1.74. The third-order valence-electron chi connectivity index (χ3n) is 1.17. The molecule has 0 saturated carbocycles. The fourth-order valence-corrected chi connectivity index (χ4v) is 2.71. The maximum absolute atomic E-state index is 10.7. The Bertz CT molecular complexity index is 348. The second-order valence-corrected chi connectivity index (χ2v) is 6.06. The third-order valence-corrected chi connectivity index (χ3v) is 4.31. The summed E-state index contributed by atoms with van der Waals surface area (Å²) in [6, 6.07) is 1.36. The first-order valence-corrected chi connectivity index (χ1v) is 5.84. The van der Waals surface area contributed by atoms with E-state index in [1.165, 1.54) is 6.07 Å². The van der Waals surface area contributed by atoms with Gasteiger partial charge in [-0.05, 0) is 13.0 Å². The van der Waals surface area contributed by atoms with Gasteiger partial charge >= 0.3 is 0 Å². The average Bonchev–Trinajstić information content (AvgIpc) is 2.11. The summed E-state index contributed by atoms with van der Waals surface area (Å²) in [5.41, 5.74) is 5.89. The summed E-state index contributed by atoms with van der Waals surface area (Å²) in [5.74, 6) is 0. The topological polar surface area (TPSA) is 60.2 Å². The van der Waals surface area contributed by atoms with E-state index in [0.29, 0.717) is 5.69 Å². The van der Waals surface area contributed by atoms with Gasteiger partial charge in [0.2, 0.25) is 0 Å². The van der Waals surface area contributed by atoms with Crippen molar-refractivity contribution in [3.63, 3.8) is 0 Å². The molecule has 0 unspecified atom stereocenters. The van der Waals surface area contributed by atoms with Crippen molar-refractivity contribution in [2.75, 3.05) is 5.73 Å². The van der Waals surface area contributed by atoms with Crippen molar-refractivity contribution >= 4 is 36.8 Å². The van der Waals surface area contributed by atoms with E-state index in [2.05, 4.69) is 0 Å². The predicted octanol–water partition coefficient (Wildman–Crippen LogP) is 1.57. The SMILES string of the molecule is Cc1sc(S(=O)(=O)Cl)cc1N. The van der Waals surface area contributed by atoms with Crippen LogP contribution in [0.15, 0.2) is 10.3 Å². The summed E-state index contributed by atoms with van der Waals surface area (Å²) in [4.78, 5) is 0.768. The van der Waals surface area contributed by atoms with Crippen molar-refractivity contribution in [1.82, 2.24) is 0 Å². The molecule has 6 heteroatoms. The van der Waals surface area contributed by atoms with Crippen LogP contribution >= 0.6 is 22.0 Å². The first-order chi connectivity index (χ1) is 4.91. The average molecular weight is 212 g/mol. The number of nitrogens with two attached hydrogens (primary N) is 1. The van der Waals surface area contributed by atoms with Gasteiger partial charge in [0.1, 0.15) is 4.21 Å². The van der Waals surface area contributed by atoms with Gasteiger partial charge in [0, 0.05) is 21.2 Å². The van der Waals surface area contributed by atoms with Gasteiger partial charge in [-0.1, -0.05) is 0 Å². The molecule has 0 fully saturated rings. The molecule has 1 rings (SSSR count). The van der Waals surface area contributed by atoms with E-state index in [-0.39, 0.29) is 4.21 Å². The number of nitrogen functional groups attached to an aromatic ring is 1. The van der Waals surface area contributed by atoms with Gasteiger partial charge in [0.25, 0.3) is 9.05 Å². The molecule has 0 aliphatic heterocycles. The van der Waals surface area contributed by atoms with E-state index in [0.717, 1.165) is 16.2 Å². The van der Waals surface area contributed by atoms with Crippen molar-refractivity contribution in [2.45, 2.75) is 11.1 Å². The lowest BCUT2D eigenvalue weighted by atomic mass is 10.4. The normalized spacial score (nSPS) is 11.8.